The molecule has 0 saturated carbocycles. The third-order valence-corrected chi connectivity index (χ3v) is 3.71. The van der Waals surface area contributed by atoms with Gasteiger partial charge in [-0.2, -0.15) is 0 Å². The lowest BCUT2D eigenvalue weighted by atomic mass is 9.96. The molecule has 0 aromatic heterocycles. The fraction of sp³-hybridized carbons (Fsp3) is 0.833. The summed E-state index contributed by atoms with van der Waals surface area (Å²) in [4.78, 5) is 23.8. The first-order chi connectivity index (χ1) is 8.18. The summed E-state index contributed by atoms with van der Waals surface area (Å²) in [5.41, 5.74) is 0. The van der Waals surface area contributed by atoms with Crippen molar-refractivity contribution < 1.29 is 9.59 Å². The van der Waals surface area contributed by atoms with E-state index < -0.39 is 0 Å². The van der Waals surface area contributed by atoms with Crippen molar-refractivity contribution in [2.45, 2.75) is 32.2 Å². The summed E-state index contributed by atoms with van der Waals surface area (Å²) >= 11 is 0. The Kier molecular flexibility index (Phi) is 3.99. The van der Waals surface area contributed by atoms with Crippen molar-refractivity contribution in [3.05, 3.63) is 0 Å². The van der Waals surface area contributed by atoms with Gasteiger partial charge in [0.05, 0.1) is 5.92 Å². The number of carbonyl (C=O) groups is 2. The molecule has 3 atom stereocenters. The highest BCUT2D eigenvalue weighted by Crippen LogP contribution is 2.16. The third-order valence-electron chi connectivity index (χ3n) is 3.71. The molecule has 0 aromatic carbocycles. The van der Waals surface area contributed by atoms with Crippen molar-refractivity contribution in [3.63, 3.8) is 0 Å². The molecule has 5 heteroatoms. The minimum Gasteiger partial charge on any atom is -0.354 e. The van der Waals surface area contributed by atoms with Gasteiger partial charge in [-0.05, 0) is 31.7 Å². The molecule has 2 heterocycles. The highest BCUT2D eigenvalue weighted by Gasteiger charge is 2.32. The molecule has 17 heavy (non-hydrogen) atoms. The average molecular weight is 239 g/mol. The van der Waals surface area contributed by atoms with E-state index in [2.05, 4.69) is 22.9 Å². The lowest BCUT2D eigenvalue weighted by Gasteiger charge is -2.19. The molecule has 0 radical (unpaired) electrons. The lowest BCUT2D eigenvalue weighted by molar-refractivity contribution is -0.131. The molecular weight excluding hydrogens is 218 g/mol. The van der Waals surface area contributed by atoms with Crippen LogP contribution in [0.15, 0.2) is 0 Å². The van der Waals surface area contributed by atoms with Gasteiger partial charge in [-0.3, -0.25) is 9.59 Å². The predicted octanol–water partition coefficient (Wildman–Crippen LogP) is -0.373. The van der Waals surface area contributed by atoms with Crippen LogP contribution in [0.5, 0.6) is 0 Å². The second-order valence-corrected chi connectivity index (χ2v) is 5.09. The van der Waals surface area contributed by atoms with Gasteiger partial charge in [-0.25, -0.2) is 0 Å². The quantitative estimate of drug-likeness (QED) is 0.615. The van der Waals surface area contributed by atoms with Gasteiger partial charge in [0.25, 0.3) is 0 Å². The Morgan fingerprint density at radius 2 is 2.18 bits per heavy atom. The van der Waals surface area contributed by atoms with E-state index >= 15 is 0 Å². The van der Waals surface area contributed by atoms with E-state index in [1.807, 2.05) is 0 Å². The second kappa shape index (κ2) is 5.49. The van der Waals surface area contributed by atoms with Crippen LogP contribution in [-0.2, 0) is 9.59 Å². The minimum absolute atomic E-state index is 0.00560. The maximum atomic E-state index is 12.1. The number of hydrogen-bond donors (Lipinski definition) is 3. The van der Waals surface area contributed by atoms with Gasteiger partial charge in [-0.1, -0.05) is 6.92 Å². The molecule has 5 nitrogen and oxygen atoms in total. The van der Waals surface area contributed by atoms with Crippen molar-refractivity contribution in [3.8, 4) is 0 Å². The lowest BCUT2D eigenvalue weighted by Crippen LogP contribution is -2.48. The van der Waals surface area contributed by atoms with Gasteiger partial charge in [0, 0.05) is 13.1 Å². The summed E-state index contributed by atoms with van der Waals surface area (Å²) < 4.78 is 0. The van der Waals surface area contributed by atoms with Crippen LogP contribution >= 0.6 is 0 Å². The molecule has 2 saturated heterocycles. The zero-order valence-electron chi connectivity index (χ0n) is 10.3. The van der Waals surface area contributed by atoms with E-state index in [1.54, 1.807) is 0 Å². The van der Waals surface area contributed by atoms with Crippen LogP contribution in [-0.4, -0.2) is 37.5 Å². The fourth-order valence-corrected chi connectivity index (χ4v) is 2.52. The largest absolute Gasteiger partial charge is 0.354 e. The molecule has 0 spiro atoms. The van der Waals surface area contributed by atoms with Gasteiger partial charge in [0.2, 0.25) is 11.8 Å². The Morgan fingerprint density at radius 1 is 1.35 bits per heavy atom. The second-order valence-electron chi connectivity index (χ2n) is 5.09. The fourth-order valence-electron chi connectivity index (χ4n) is 2.52. The SMILES string of the molecule is C[C@@H]1CNC[C@H]1C(=O)NC1CCCCNC1=O. The number of rotatable bonds is 2. The van der Waals surface area contributed by atoms with Crippen LogP contribution in [0.4, 0.5) is 0 Å². The monoisotopic (exact) mass is 239 g/mol. The Bertz CT molecular complexity index is 306. The topological polar surface area (TPSA) is 70.2 Å². The average Bonchev–Trinajstić information content (AvgIpc) is 2.63. The standard InChI is InChI=1S/C12H21N3O2/c1-8-6-13-7-9(8)11(16)15-10-4-2-3-5-14-12(10)17/h8-10,13H,2-7H2,1H3,(H,14,17)(H,15,16)/t8-,9-,10?/m1/s1. The molecule has 3 N–H and O–H groups in total. The normalized spacial score (nSPS) is 33.9. The molecule has 0 aliphatic carbocycles. The molecule has 2 aliphatic heterocycles. The van der Waals surface area contributed by atoms with Crippen molar-refractivity contribution in [1.29, 1.82) is 0 Å². The van der Waals surface area contributed by atoms with E-state index in [9.17, 15) is 9.59 Å². The Labute approximate surface area is 102 Å². The van der Waals surface area contributed by atoms with Crippen molar-refractivity contribution in [1.82, 2.24) is 16.0 Å². The van der Waals surface area contributed by atoms with E-state index in [1.165, 1.54) is 0 Å². The van der Waals surface area contributed by atoms with Crippen LogP contribution in [0.25, 0.3) is 0 Å². The van der Waals surface area contributed by atoms with E-state index in [-0.39, 0.29) is 23.8 Å². The van der Waals surface area contributed by atoms with E-state index in [4.69, 9.17) is 0 Å². The van der Waals surface area contributed by atoms with E-state index in [0.717, 1.165) is 38.9 Å². The summed E-state index contributed by atoms with van der Waals surface area (Å²) in [6.45, 7) is 4.40. The zero-order valence-corrected chi connectivity index (χ0v) is 10.3. The van der Waals surface area contributed by atoms with Crippen molar-refractivity contribution in [2.75, 3.05) is 19.6 Å². The first-order valence-electron chi connectivity index (χ1n) is 6.47. The van der Waals surface area contributed by atoms with Gasteiger partial charge in [-0.15, -0.1) is 0 Å². The number of nitrogens with one attached hydrogen (secondary N) is 3. The highest BCUT2D eigenvalue weighted by atomic mass is 16.2. The molecule has 0 aromatic rings. The van der Waals surface area contributed by atoms with Gasteiger partial charge >= 0.3 is 0 Å². The molecule has 1 unspecified atom stereocenters. The first-order valence-corrected chi connectivity index (χ1v) is 6.47. The maximum absolute atomic E-state index is 12.1. The maximum Gasteiger partial charge on any atom is 0.242 e. The summed E-state index contributed by atoms with van der Waals surface area (Å²) in [6, 6.07) is -0.335. The predicted molar refractivity (Wildman–Crippen MR) is 64.3 cm³/mol. The summed E-state index contributed by atoms with van der Waals surface area (Å²) in [7, 11) is 0. The number of hydrogen-bond acceptors (Lipinski definition) is 3. The molecule has 2 rings (SSSR count). The van der Waals surface area contributed by atoms with Crippen LogP contribution in [0.1, 0.15) is 26.2 Å². The summed E-state index contributed by atoms with van der Waals surface area (Å²) in [5, 5.41) is 8.92. The molecule has 2 aliphatic rings. The smallest absolute Gasteiger partial charge is 0.242 e. The summed E-state index contributed by atoms with van der Waals surface area (Å²) in [6.07, 6.45) is 2.74. The molecule has 2 amide bonds. The zero-order chi connectivity index (χ0) is 12.3. The first kappa shape index (κ1) is 12.4. The van der Waals surface area contributed by atoms with Gasteiger partial charge in [0.15, 0.2) is 0 Å². The number of amides is 2. The Balaban J connectivity index is 1.90. The third kappa shape index (κ3) is 2.97. The highest BCUT2D eigenvalue weighted by molar-refractivity contribution is 5.88. The van der Waals surface area contributed by atoms with Gasteiger partial charge < -0.3 is 16.0 Å². The molecular formula is C12H21N3O2. The van der Waals surface area contributed by atoms with Crippen LogP contribution in [0.3, 0.4) is 0 Å². The van der Waals surface area contributed by atoms with Crippen molar-refractivity contribution in [2.24, 2.45) is 11.8 Å². The summed E-state index contributed by atoms with van der Waals surface area (Å²) in [5.74, 6) is 0.342. The molecule has 0 bridgehead atoms. The van der Waals surface area contributed by atoms with Crippen molar-refractivity contribution >= 4 is 11.8 Å². The van der Waals surface area contributed by atoms with Crippen LogP contribution in [0.2, 0.25) is 0 Å². The molecule has 2 fully saturated rings. The Hall–Kier alpha value is -1.10. The van der Waals surface area contributed by atoms with Gasteiger partial charge in [0.1, 0.15) is 6.04 Å². The number of carbonyl (C=O) groups excluding carboxylic acids is 2. The van der Waals surface area contributed by atoms with Crippen LogP contribution in [0, 0.1) is 11.8 Å². The van der Waals surface area contributed by atoms with E-state index in [0.29, 0.717) is 5.92 Å². The Morgan fingerprint density at radius 3 is 2.88 bits per heavy atom. The molecule has 96 valence electrons. The van der Waals surface area contributed by atoms with Crippen LogP contribution < -0.4 is 16.0 Å². The minimum atomic E-state index is -0.335.